The van der Waals surface area contributed by atoms with Crippen molar-refractivity contribution in [3.05, 3.63) is 70.8 Å². The van der Waals surface area contributed by atoms with Crippen LogP contribution < -0.4 is 16.4 Å². The second kappa shape index (κ2) is 9.74. The molecule has 0 radical (unpaired) electrons. The minimum absolute atomic E-state index is 0.0532. The summed E-state index contributed by atoms with van der Waals surface area (Å²) in [5.74, 6) is -1.21. The van der Waals surface area contributed by atoms with Gasteiger partial charge in [0, 0.05) is 35.6 Å². The van der Waals surface area contributed by atoms with Crippen LogP contribution in [0.2, 0.25) is 5.02 Å². The standard InChI is InChI=1S/C22H20ClF3N6O3/c1-12(33)21(31-20(27)35,18-7-8-30-32(18)2)11-29-19(34)15-5-4-14(23)9-16(15)13-3-6-17(28-10-13)22(24,25)26/h3-10H,11H2,1-2H3,(H,29,34)(H3,27,31,35). The molecule has 35 heavy (non-hydrogen) atoms. The molecule has 0 aliphatic rings. The van der Waals surface area contributed by atoms with Crippen molar-refractivity contribution in [3.8, 4) is 11.1 Å². The summed E-state index contributed by atoms with van der Waals surface area (Å²) in [6.45, 7) is 0.827. The molecule has 0 aliphatic carbocycles. The highest BCUT2D eigenvalue weighted by atomic mass is 35.5. The van der Waals surface area contributed by atoms with E-state index < -0.39 is 41.7 Å². The molecule has 13 heteroatoms. The Bertz CT molecular complexity index is 1280. The summed E-state index contributed by atoms with van der Waals surface area (Å²) >= 11 is 6.06. The molecule has 4 N–H and O–H groups in total. The fraction of sp³-hybridized carbons (Fsp3) is 0.227. The number of amides is 3. The van der Waals surface area contributed by atoms with E-state index in [1.54, 1.807) is 7.05 Å². The maximum Gasteiger partial charge on any atom is 0.433 e. The number of aromatic nitrogens is 3. The Morgan fingerprint density at radius 3 is 2.37 bits per heavy atom. The van der Waals surface area contributed by atoms with Crippen LogP contribution in [0, 0.1) is 0 Å². The number of nitrogens with one attached hydrogen (secondary N) is 2. The first-order chi connectivity index (χ1) is 16.3. The topological polar surface area (TPSA) is 132 Å². The van der Waals surface area contributed by atoms with Crippen LogP contribution in [-0.4, -0.2) is 39.0 Å². The number of benzene rings is 1. The monoisotopic (exact) mass is 508 g/mol. The van der Waals surface area contributed by atoms with E-state index in [1.807, 2.05) is 0 Å². The zero-order valence-corrected chi connectivity index (χ0v) is 19.2. The smallest absolute Gasteiger partial charge is 0.352 e. The fourth-order valence-electron chi connectivity index (χ4n) is 3.58. The van der Waals surface area contributed by atoms with E-state index in [2.05, 4.69) is 20.7 Å². The summed E-state index contributed by atoms with van der Waals surface area (Å²) in [6, 6.07) is 6.66. The predicted molar refractivity (Wildman–Crippen MR) is 120 cm³/mol. The van der Waals surface area contributed by atoms with Gasteiger partial charge in [-0.1, -0.05) is 17.7 Å². The number of alkyl halides is 3. The summed E-state index contributed by atoms with van der Waals surface area (Å²) in [6.07, 6.45) is -2.23. The summed E-state index contributed by atoms with van der Waals surface area (Å²) in [7, 11) is 1.55. The van der Waals surface area contributed by atoms with Gasteiger partial charge in [-0.2, -0.15) is 18.3 Å². The van der Waals surface area contributed by atoms with Gasteiger partial charge in [0.05, 0.1) is 12.2 Å². The highest BCUT2D eigenvalue weighted by molar-refractivity contribution is 6.31. The molecule has 0 bridgehead atoms. The van der Waals surface area contributed by atoms with Crippen LogP contribution in [0.5, 0.6) is 0 Å². The van der Waals surface area contributed by atoms with Crippen LogP contribution in [0.3, 0.4) is 0 Å². The van der Waals surface area contributed by atoms with E-state index in [0.717, 1.165) is 12.3 Å². The highest BCUT2D eigenvalue weighted by Gasteiger charge is 2.41. The first kappa shape index (κ1) is 25.7. The van der Waals surface area contributed by atoms with Crippen molar-refractivity contribution in [2.45, 2.75) is 18.6 Å². The lowest BCUT2D eigenvalue weighted by Gasteiger charge is -2.32. The number of carbonyl (C=O) groups excluding carboxylic acids is 3. The molecule has 1 atom stereocenters. The maximum absolute atomic E-state index is 13.2. The van der Waals surface area contributed by atoms with Gasteiger partial charge in [0.2, 0.25) is 0 Å². The third-order valence-electron chi connectivity index (χ3n) is 5.30. The summed E-state index contributed by atoms with van der Waals surface area (Å²) in [4.78, 5) is 41.0. The van der Waals surface area contributed by atoms with E-state index in [0.29, 0.717) is 0 Å². The molecule has 0 saturated carbocycles. The molecule has 2 aromatic heterocycles. The van der Waals surface area contributed by atoms with E-state index in [9.17, 15) is 27.6 Å². The maximum atomic E-state index is 13.2. The van der Waals surface area contributed by atoms with Crippen LogP contribution in [0.4, 0.5) is 18.0 Å². The van der Waals surface area contributed by atoms with E-state index in [-0.39, 0.29) is 27.4 Å². The van der Waals surface area contributed by atoms with Crippen molar-refractivity contribution < 1.29 is 27.6 Å². The van der Waals surface area contributed by atoms with Gasteiger partial charge < -0.3 is 16.4 Å². The summed E-state index contributed by atoms with van der Waals surface area (Å²) in [5, 5.41) is 9.23. The first-order valence-electron chi connectivity index (χ1n) is 10.0. The van der Waals surface area contributed by atoms with Gasteiger partial charge in [0.15, 0.2) is 11.3 Å². The van der Waals surface area contributed by atoms with Gasteiger partial charge in [0.1, 0.15) is 5.69 Å². The average Bonchev–Trinajstić information content (AvgIpc) is 3.21. The van der Waals surface area contributed by atoms with Gasteiger partial charge in [0.25, 0.3) is 5.91 Å². The number of ketones is 1. The zero-order valence-electron chi connectivity index (χ0n) is 18.5. The molecule has 9 nitrogen and oxygen atoms in total. The predicted octanol–water partition coefficient (Wildman–Crippen LogP) is 3.04. The molecular formula is C22H20ClF3N6O3. The number of urea groups is 1. The van der Waals surface area contributed by atoms with Crippen molar-refractivity contribution >= 4 is 29.3 Å². The second-order valence-corrected chi connectivity index (χ2v) is 8.03. The number of hydrogen-bond donors (Lipinski definition) is 3. The molecule has 0 saturated heterocycles. The number of halogens is 4. The Kier molecular flexibility index (Phi) is 7.15. The van der Waals surface area contributed by atoms with Gasteiger partial charge in [-0.05, 0) is 42.8 Å². The number of nitrogens with two attached hydrogens (primary N) is 1. The van der Waals surface area contributed by atoms with Gasteiger partial charge in [-0.25, -0.2) is 4.79 Å². The Balaban J connectivity index is 1.97. The molecule has 0 spiro atoms. The third kappa shape index (κ3) is 5.43. The number of rotatable bonds is 7. The quantitative estimate of drug-likeness (QED) is 0.451. The molecule has 3 amide bonds. The number of carbonyl (C=O) groups is 3. The lowest BCUT2D eigenvalue weighted by Crippen LogP contribution is -2.59. The minimum Gasteiger partial charge on any atom is -0.352 e. The summed E-state index contributed by atoms with van der Waals surface area (Å²) < 4.78 is 40.0. The Hall–Kier alpha value is -3.93. The first-order valence-corrected chi connectivity index (χ1v) is 10.4. The largest absolute Gasteiger partial charge is 0.433 e. The van der Waals surface area contributed by atoms with Crippen molar-refractivity contribution in [3.63, 3.8) is 0 Å². The van der Waals surface area contributed by atoms with Crippen LogP contribution in [-0.2, 0) is 23.6 Å². The molecule has 184 valence electrons. The molecule has 3 rings (SSSR count). The average molecular weight is 509 g/mol. The van der Waals surface area contributed by atoms with Crippen molar-refractivity contribution in [2.75, 3.05) is 6.54 Å². The van der Waals surface area contributed by atoms with Crippen molar-refractivity contribution in [2.24, 2.45) is 12.8 Å². The van der Waals surface area contributed by atoms with Crippen LogP contribution >= 0.6 is 11.6 Å². The highest BCUT2D eigenvalue weighted by Crippen LogP contribution is 2.31. The van der Waals surface area contributed by atoms with Crippen molar-refractivity contribution in [1.29, 1.82) is 0 Å². The zero-order chi connectivity index (χ0) is 26.0. The van der Waals surface area contributed by atoms with Crippen molar-refractivity contribution in [1.82, 2.24) is 25.4 Å². The minimum atomic E-state index is -4.62. The number of Topliss-reactive ketones (excluding diaryl/α,β-unsaturated/α-hetero) is 1. The van der Waals surface area contributed by atoms with E-state index >= 15 is 0 Å². The van der Waals surface area contributed by atoms with E-state index in [1.165, 1.54) is 48.1 Å². The number of primary amides is 1. The van der Waals surface area contributed by atoms with Gasteiger partial charge >= 0.3 is 12.2 Å². The number of nitrogens with zero attached hydrogens (tertiary/aromatic N) is 3. The Labute approximate surface area is 202 Å². The van der Waals surface area contributed by atoms with Gasteiger partial charge in [-0.3, -0.25) is 19.3 Å². The number of aryl methyl sites for hydroxylation is 1. The second-order valence-electron chi connectivity index (χ2n) is 7.59. The molecule has 0 fully saturated rings. The number of pyridine rings is 1. The Morgan fingerprint density at radius 1 is 1.14 bits per heavy atom. The molecule has 1 aromatic carbocycles. The van der Waals surface area contributed by atoms with Crippen LogP contribution in [0.15, 0.2) is 48.8 Å². The molecule has 3 aromatic rings. The fourth-order valence-corrected chi connectivity index (χ4v) is 3.75. The van der Waals surface area contributed by atoms with Gasteiger partial charge in [-0.15, -0.1) is 0 Å². The normalized spacial score (nSPS) is 13.1. The lowest BCUT2D eigenvalue weighted by atomic mass is 9.90. The molecular weight excluding hydrogens is 489 g/mol. The molecule has 2 heterocycles. The van der Waals surface area contributed by atoms with E-state index in [4.69, 9.17) is 17.3 Å². The third-order valence-corrected chi connectivity index (χ3v) is 5.54. The summed E-state index contributed by atoms with van der Waals surface area (Å²) in [5.41, 5.74) is 3.24. The molecule has 1 unspecified atom stereocenters. The SMILES string of the molecule is CC(=O)C(CNC(=O)c1ccc(Cl)cc1-c1ccc(C(F)(F)F)nc1)(NC(N)=O)c1ccnn1C. The lowest BCUT2D eigenvalue weighted by molar-refractivity contribution is -0.141. The number of hydrogen-bond acceptors (Lipinski definition) is 5. The Morgan fingerprint density at radius 2 is 1.86 bits per heavy atom. The van der Waals surface area contributed by atoms with Crippen LogP contribution in [0.1, 0.15) is 28.7 Å². The van der Waals surface area contributed by atoms with Crippen LogP contribution in [0.25, 0.3) is 11.1 Å². The molecule has 0 aliphatic heterocycles.